The maximum atomic E-state index is 10.9. The molecule has 1 heterocycles. The van der Waals surface area contributed by atoms with Crippen molar-refractivity contribution in [2.45, 2.75) is 17.4 Å². The standard InChI is InChI=1S/C14H14O3S/c15-14(16)9-13(11-5-2-1-3-6-11)18-10-12-7-4-8-17-12/h1-8,13H,9-10H2,(H,15,16). The van der Waals surface area contributed by atoms with E-state index in [9.17, 15) is 4.79 Å². The molecule has 0 saturated heterocycles. The van der Waals surface area contributed by atoms with Crippen molar-refractivity contribution in [1.29, 1.82) is 0 Å². The molecule has 1 aromatic heterocycles. The number of carbonyl (C=O) groups is 1. The van der Waals surface area contributed by atoms with Crippen LogP contribution < -0.4 is 0 Å². The molecule has 1 unspecified atom stereocenters. The van der Waals surface area contributed by atoms with Crippen LogP contribution in [0.1, 0.15) is 23.0 Å². The summed E-state index contributed by atoms with van der Waals surface area (Å²) in [5, 5.41) is 8.92. The number of thioether (sulfide) groups is 1. The molecule has 1 atom stereocenters. The smallest absolute Gasteiger partial charge is 0.304 e. The van der Waals surface area contributed by atoms with Crippen LogP contribution in [0.15, 0.2) is 53.1 Å². The number of carboxylic acid groups (broad SMARTS) is 1. The lowest BCUT2D eigenvalue weighted by Gasteiger charge is -2.14. The number of hydrogen-bond donors (Lipinski definition) is 1. The van der Waals surface area contributed by atoms with E-state index in [2.05, 4.69) is 0 Å². The summed E-state index contributed by atoms with van der Waals surface area (Å²) in [4.78, 5) is 10.9. The summed E-state index contributed by atoms with van der Waals surface area (Å²) in [5.41, 5.74) is 1.04. The van der Waals surface area contributed by atoms with Crippen LogP contribution in [0, 0.1) is 0 Å². The number of carboxylic acids is 1. The fourth-order valence-electron chi connectivity index (χ4n) is 1.68. The number of furan rings is 1. The van der Waals surface area contributed by atoms with Gasteiger partial charge in [0, 0.05) is 5.25 Å². The minimum Gasteiger partial charge on any atom is -0.481 e. The molecule has 3 nitrogen and oxygen atoms in total. The summed E-state index contributed by atoms with van der Waals surface area (Å²) in [7, 11) is 0. The second-order valence-corrected chi connectivity index (χ2v) is 5.08. The zero-order valence-corrected chi connectivity index (χ0v) is 10.6. The molecule has 0 aliphatic carbocycles. The average Bonchev–Trinajstić information content (AvgIpc) is 2.88. The van der Waals surface area contributed by atoms with Crippen LogP contribution in [-0.4, -0.2) is 11.1 Å². The Hall–Kier alpha value is -1.68. The van der Waals surface area contributed by atoms with Gasteiger partial charge in [-0.05, 0) is 17.7 Å². The third-order valence-electron chi connectivity index (χ3n) is 2.54. The van der Waals surface area contributed by atoms with Gasteiger partial charge in [-0.1, -0.05) is 30.3 Å². The van der Waals surface area contributed by atoms with Crippen LogP contribution >= 0.6 is 11.8 Å². The van der Waals surface area contributed by atoms with Gasteiger partial charge in [0.1, 0.15) is 5.76 Å². The molecule has 0 spiro atoms. The number of aliphatic carboxylic acids is 1. The first-order valence-corrected chi connectivity index (χ1v) is 6.71. The summed E-state index contributed by atoms with van der Waals surface area (Å²) in [5.74, 6) is 0.766. The molecule has 1 aromatic carbocycles. The normalized spacial score (nSPS) is 12.2. The Kier molecular flexibility index (Phi) is 4.47. The van der Waals surface area contributed by atoms with Crippen LogP contribution in [0.4, 0.5) is 0 Å². The van der Waals surface area contributed by atoms with Gasteiger partial charge in [-0.3, -0.25) is 4.79 Å². The molecule has 18 heavy (non-hydrogen) atoms. The maximum absolute atomic E-state index is 10.9. The predicted molar refractivity (Wildman–Crippen MR) is 71.4 cm³/mol. The van der Waals surface area contributed by atoms with E-state index in [-0.39, 0.29) is 11.7 Å². The molecular formula is C14H14O3S. The molecule has 94 valence electrons. The molecule has 0 saturated carbocycles. The van der Waals surface area contributed by atoms with Crippen molar-refractivity contribution in [3.05, 3.63) is 60.1 Å². The summed E-state index contributed by atoms with van der Waals surface area (Å²) in [6.07, 6.45) is 1.75. The Morgan fingerprint density at radius 3 is 2.61 bits per heavy atom. The number of hydrogen-bond acceptors (Lipinski definition) is 3. The van der Waals surface area contributed by atoms with Crippen LogP contribution in [-0.2, 0) is 10.5 Å². The fourth-order valence-corrected chi connectivity index (χ4v) is 2.82. The van der Waals surface area contributed by atoms with E-state index in [0.717, 1.165) is 11.3 Å². The topological polar surface area (TPSA) is 50.4 Å². The van der Waals surface area contributed by atoms with E-state index >= 15 is 0 Å². The lowest BCUT2D eigenvalue weighted by Crippen LogP contribution is -2.03. The summed E-state index contributed by atoms with van der Waals surface area (Å²) in [6, 6.07) is 13.4. The molecule has 1 N–H and O–H groups in total. The quantitative estimate of drug-likeness (QED) is 0.861. The van der Waals surface area contributed by atoms with E-state index in [4.69, 9.17) is 9.52 Å². The lowest BCUT2D eigenvalue weighted by atomic mass is 10.1. The highest BCUT2D eigenvalue weighted by Crippen LogP contribution is 2.34. The van der Waals surface area contributed by atoms with Gasteiger partial charge in [-0.15, -0.1) is 11.8 Å². The van der Waals surface area contributed by atoms with Crippen molar-refractivity contribution >= 4 is 17.7 Å². The van der Waals surface area contributed by atoms with Crippen LogP contribution in [0.5, 0.6) is 0 Å². The van der Waals surface area contributed by atoms with Crippen LogP contribution in [0.3, 0.4) is 0 Å². The van der Waals surface area contributed by atoms with Gasteiger partial charge in [-0.25, -0.2) is 0 Å². The van der Waals surface area contributed by atoms with Crippen molar-refractivity contribution in [3.8, 4) is 0 Å². The number of rotatable bonds is 6. The average molecular weight is 262 g/mol. The van der Waals surface area contributed by atoms with Crippen molar-refractivity contribution in [3.63, 3.8) is 0 Å². The molecule has 0 radical (unpaired) electrons. The second-order valence-electron chi connectivity index (χ2n) is 3.89. The van der Waals surface area contributed by atoms with Crippen molar-refractivity contribution in [2.24, 2.45) is 0 Å². The third kappa shape index (κ3) is 3.67. The molecule has 0 bridgehead atoms. The molecule has 0 amide bonds. The van der Waals surface area contributed by atoms with Gasteiger partial charge >= 0.3 is 5.97 Å². The third-order valence-corrected chi connectivity index (χ3v) is 3.83. The van der Waals surface area contributed by atoms with Gasteiger partial charge in [-0.2, -0.15) is 0 Å². The fraction of sp³-hybridized carbons (Fsp3) is 0.214. The Labute approximate surface area is 110 Å². The number of benzene rings is 1. The molecule has 0 fully saturated rings. The Morgan fingerprint density at radius 2 is 2.00 bits per heavy atom. The molecule has 0 aliphatic heterocycles. The summed E-state index contributed by atoms with van der Waals surface area (Å²) >= 11 is 1.59. The van der Waals surface area contributed by atoms with Gasteiger partial charge in [0.25, 0.3) is 0 Å². The highest BCUT2D eigenvalue weighted by atomic mass is 32.2. The van der Waals surface area contributed by atoms with Gasteiger partial charge in [0.05, 0.1) is 18.4 Å². The first kappa shape index (κ1) is 12.8. The van der Waals surface area contributed by atoms with Gasteiger partial charge in [0.2, 0.25) is 0 Å². The first-order valence-electron chi connectivity index (χ1n) is 5.66. The molecule has 2 rings (SSSR count). The van der Waals surface area contributed by atoms with E-state index in [1.807, 2.05) is 42.5 Å². The second kappa shape index (κ2) is 6.31. The zero-order valence-electron chi connectivity index (χ0n) is 9.78. The van der Waals surface area contributed by atoms with Gasteiger partial charge < -0.3 is 9.52 Å². The minimum absolute atomic E-state index is 0.0474. The van der Waals surface area contributed by atoms with E-state index in [0.29, 0.717) is 5.75 Å². The van der Waals surface area contributed by atoms with Crippen molar-refractivity contribution in [1.82, 2.24) is 0 Å². The van der Waals surface area contributed by atoms with E-state index < -0.39 is 5.97 Å². The monoisotopic (exact) mass is 262 g/mol. The lowest BCUT2D eigenvalue weighted by molar-refractivity contribution is -0.137. The molecule has 2 aromatic rings. The largest absolute Gasteiger partial charge is 0.481 e. The van der Waals surface area contributed by atoms with Crippen LogP contribution in [0.2, 0.25) is 0 Å². The summed E-state index contributed by atoms with van der Waals surface area (Å²) < 4.78 is 5.26. The van der Waals surface area contributed by atoms with Gasteiger partial charge in [0.15, 0.2) is 0 Å². The molecular weight excluding hydrogens is 248 g/mol. The van der Waals surface area contributed by atoms with Crippen molar-refractivity contribution in [2.75, 3.05) is 0 Å². The zero-order chi connectivity index (χ0) is 12.8. The van der Waals surface area contributed by atoms with E-state index in [1.54, 1.807) is 18.0 Å². The van der Waals surface area contributed by atoms with E-state index in [1.165, 1.54) is 0 Å². The highest BCUT2D eigenvalue weighted by Gasteiger charge is 2.16. The SMILES string of the molecule is O=C(O)CC(SCc1ccco1)c1ccccc1. The Morgan fingerprint density at radius 1 is 1.22 bits per heavy atom. The summed E-state index contributed by atoms with van der Waals surface area (Å²) in [6.45, 7) is 0. The molecule has 0 aliphatic rings. The Balaban J connectivity index is 2.03. The van der Waals surface area contributed by atoms with Crippen LogP contribution in [0.25, 0.3) is 0 Å². The Bertz CT molecular complexity index is 479. The predicted octanol–water partition coefficient (Wildman–Crippen LogP) is 3.73. The highest BCUT2D eigenvalue weighted by molar-refractivity contribution is 7.98. The maximum Gasteiger partial charge on any atom is 0.304 e. The molecule has 4 heteroatoms. The minimum atomic E-state index is -0.782. The first-order chi connectivity index (χ1) is 8.75. The van der Waals surface area contributed by atoms with Crippen molar-refractivity contribution < 1.29 is 14.3 Å².